The largest absolute Gasteiger partial charge is 0.330 e. The number of hydrogen-bond acceptors (Lipinski definition) is 1. The highest BCUT2D eigenvalue weighted by Gasteiger charge is 2.57. The maximum absolute atomic E-state index is 6.17. The Hall–Kier alpha value is -0.530. The summed E-state index contributed by atoms with van der Waals surface area (Å²) in [7, 11) is 0. The first-order valence-corrected chi connectivity index (χ1v) is 7.97. The summed E-state index contributed by atoms with van der Waals surface area (Å²) in [4.78, 5) is 0. The van der Waals surface area contributed by atoms with Gasteiger partial charge in [-0.05, 0) is 85.4 Å². The molecule has 102 valence electrons. The average Bonchev–Trinajstić information content (AvgIpc) is 2.38. The molecule has 1 aromatic carbocycles. The molecule has 0 saturated heterocycles. The van der Waals surface area contributed by atoms with Gasteiger partial charge in [0.15, 0.2) is 0 Å². The molecular weight excluding hydrogens is 254 g/mol. The lowest BCUT2D eigenvalue weighted by Gasteiger charge is -2.62. The minimum atomic E-state index is 0.411. The lowest BCUT2D eigenvalue weighted by molar-refractivity contribution is -0.0666. The second-order valence-corrected chi connectivity index (χ2v) is 7.89. The van der Waals surface area contributed by atoms with Gasteiger partial charge in [-0.3, -0.25) is 0 Å². The topological polar surface area (TPSA) is 26.0 Å². The molecule has 4 saturated carbocycles. The molecule has 0 aromatic heterocycles. The van der Waals surface area contributed by atoms with Crippen LogP contribution in [0.1, 0.15) is 44.1 Å². The third-order valence-electron chi connectivity index (χ3n) is 6.07. The summed E-state index contributed by atoms with van der Waals surface area (Å²) in [6.07, 6.45) is 8.30. The Bertz CT molecular complexity index is 478. The Morgan fingerprint density at radius 1 is 1.05 bits per heavy atom. The molecule has 0 heterocycles. The fraction of sp³-hybridized carbons (Fsp3) is 0.647. The first kappa shape index (κ1) is 12.2. The molecule has 0 radical (unpaired) electrons. The molecule has 4 atom stereocenters. The number of hydrogen-bond donors (Lipinski definition) is 1. The normalized spacial score (nSPS) is 43.7. The van der Waals surface area contributed by atoms with Gasteiger partial charge in [-0.25, -0.2) is 0 Å². The quantitative estimate of drug-likeness (QED) is 0.863. The summed E-state index contributed by atoms with van der Waals surface area (Å²) >= 11 is 6.05. The van der Waals surface area contributed by atoms with E-state index in [4.69, 9.17) is 17.3 Å². The SMILES string of the molecule is NCC12C[C@H]3C[C@@H](C1)CC(c1ccc(Cl)cc1)(C3)C2. The Kier molecular flexibility index (Phi) is 2.57. The van der Waals surface area contributed by atoms with Crippen molar-refractivity contribution >= 4 is 11.6 Å². The second-order valence-electron chi connectivity index (χ2n) is 7.45. The zero-order valence-electron chi connectivity index (χ0n) is 11.4. The Labute approximate surface area is 120 Å². The van der Waals surface area contributed by atoms with E-state index in [-0.39, 0.29) is 0 Å². The Balaban J connectivity index is 1.76. The van der Waals surface area contributed by atoms with Crippen LogP contribution in [0.5, 0.6) is 0 Å². The van der Waals surface area contributed by atoms with Gasteiger partial charge in [-0.15, -0.1) is 0 Å². The van der Waals surface area contributed by atoms with E-state index in [0.717, 1.165) is 23.4 Å². The molecule has 2 N–H and O–H groups in total. The van der Waals surface area contributed by atoms with Gasteiger partial charge in [0.25, 0.3) is 0 Å². The smallest absolute Gasteiger partial charge is 0.0406 e. The molecule has 4 fully saturated rings. The second kappa shape index (κ2) is 3.99. The van der Waals surface area contributed by atoms with Crippen LogP contribution >= 0.6 is 11.6 Å². The van der Waals surface area contributed by atoms with Crippen LogP contribution in [0.15, 0.2) is 24.3 Å². The van der Waals surface area contributed by atoms with Crippen LogP contribution < -0.4 is 5.73 Å². The minimum Gasteiger partial charge on any atom is -0.330 e. The molecule has 2 unspecified atom stereocenters. The van der Waals surface area contributed by atoms with Gasteiger partial charge >= 0.3 is 0 Å². The van der Waals surface area contributed by atoms with Crippen LogP contribution in [0.25, 0.3) is 0 Å². The van der Waals surface area contributed by atoms with Crippen molar-refractivity contribution in [1.29, 1.82) is 0 Å². The average molecular weight is 276 g/mol. The lowest BCUT2D eigenvalue weighted by Crippen LogP contribution is -2.56. The maximum atomic E-state index is 6.17. The van der Waals surface area contributed by atoms with E-state index in [0.29, 0.717) is 10.8 Å². The molecule has 1 nitrogen and oxygen atoms in total. The summed E-state index contributed by atoms with van der Waals surface area (Å²) in [5.41, 5.74) is 8.54. The van der Waals surface area contributed by atoms with Crippen LogP contribution in [0.4, 0.5) is 0 Å². The standard InChI is InChI=1S/C17H22ClN/c18-15-3-1-14(2-4-15)17-8-12-5-13(9-17)7-16(6-12,10-17)11-19/h1-4,12-13H,5-11,19H2/t12-,13+,16?,17?. The van der Waals surface area contributed by atoms with E-state index in [9.17, 15) is 0 Å². The number of rotatable bonds is 2. The number of benzene rings is 1. The van der Waals surface area contributed by atoms with Gasteiger partial charge in [-0.1, -0.05) is 23.7 Å². The summed E-state index contributed by atoms with van der Waals surface area (Å²) in [6.45, 7) is 0.884. The molecule has 0 amide bonds. The van der Waals surface area contributed by atoms with E-state index in [2.05, 4.69) is 24.3 Å². The fourth-order valence-corrected chi connectivity index (χ4v) is 5.96. The van der Waals surface area contributed by atoms with Crippen molar-refractivity contribution in [3.63, 3.8) is 0 Å². The third kappa shape index (κ3) is 1.78. The van der Waals surface area contributed by atoms with Crippen LogP contribution in [0.3, 0.4) is 0 Å². The van der Waals surface area contributed by atoms with Crippen LogP contribution in [-0.4, -0.2) is 6.54 Å². The van der Waals surface area contributed by atoms with Crippen molar-refractivity contribution in [3.05, 3.63) is 34.9 Å². The molecule has 0 aliphatic heterocycles. The first-order chi connectivity index (χ1) is 9.13. The van der Waals surface area contributed by atoms with E-state index in [1.54, 1.807) is 0 Å². The number of halogens is 1. The lowest BCUT2D eigenvalue weighted by atomic mass is 9.43. The predicted octanol–water partition coefficient (Wildman–Crippen LogP) is 4.14. The highest BCUT2D eigenvalue weighted by molar-refractivity contribution is 6.30. The summed E-state index contributed by atoms with van der Waals surface area (Å²) < 4.78 is 0. The van der Waals surface area contributed by atoms with Gasteiger partial charge < -0.3 is 5.73 Å². The van der Waals surface area contributed by atoms with Crippen molar-refractivity contribution < 1.29 is 0 Å². The summed E-state index contributed by atoms with van der Waals surface area (Å²) in [5, 5.41) is 0.849. The molecule has 0 spiro atoms. The highest BCUT2D eigenvalue weighted by Crippen LogP contribution is 2.65. The van der Waals surface area contributed by atoms with Gasteiger partial charge in [0.2, 0.25) is 0 Å². The summed E-state index contributed by atoms with van der Waals surface area (Å²) in [6, 6.07) is 8.65. The number of nitrogens with two attached hydrogens (primary N) is 1. The molecule has 4 aliphatic carbocycles. The van der Waals surface area contributed by atoms with Gasteiger partial charge in [0.1, 0.15) is 0 Å². The highest BCUT2D eigenvalue weighted by atomic mass is 35.5. The van der Waals surface area contributed by atoms with Crippen LogP contribution in [-0.2, 0) is 5.41 Å². The van der Waals surface area contributed by atoms with Gasteiger partial charge in [0, 0.05) is 5.02 Å². The molecule has 4 aliphatic rings. The first-order valence-electron chi connectivity index (χ1n) is 7.59. The zero-order chi connectivity index (χ0) is 13.1. The van der Waals surface area contributed by atoms with Crippen LogP contribution in [0.2, 0.25) is 5.02 Å². The van der Waals surface area contributed by atoms with E-state index in [1.165, 1.54) is 44.1 Å². The van der Waals surface area contributed by atoms with E-state index >= 15 is 0 Å². The fourth-order valence-electron chi connectivity index (χ4n) is 5.83. The van der Waals surface area contributed by atoms with Crippen molar-refractivity contribution in [2.24, 2.45) is 23.0 Å². The van der Waals surface area contributed by atoms with E-state index < -0.39 is 0 Å². The monoisotopic (exact) mass is 275 g/mol. The van der Waals surface area contributed by atoms with Gasteiger partial charge in [0.05, 0.1) is 0 Å². The molecule has 2 heteroatoms. The summed E-state index contributed by atoms with van der Waals surface area (Å²) in [5.74, 6) is 1.83. The van der Waals surface area contributed by atoms with Crippen molar-refractivity contribution in [1.82, 2.24) is 0 Å². The molecule has 1 aromatic rings. The Morgan fingerprint density at radius 2 is 1.68 bits per heavy atom. The molecule has 4 bridgehead atoms. The molecule has 19 heavy (non-hydrogen) atoms. The van der Waals surface area contributed by atoms with E-state index in [1.807, 2.05) is 0 Å². The molecular formula is C17H22ClN. The van der Waals surface area contributed by atoms with Gasteiger partial charge in [-0.2, -0.15) is 0 Å². The van der Waals surface area contributed by atoms with Crippen molar-refractivity contribution in [2.45, 2.75) is 43.9 Å². The van der Waals surface area contributed by atoms with Crippen molar-refractivity contribution in [3.8, 4) is 0 Å². The van der Waals surface area contributed by atoms with Crippen molar-refractivity contribution in [2.75, 3.05) is 6.54 Å². The Morgan fingerprint density at radius 3 is 2.26 bits per heavy atom. The maximum Gasteiger partial charge on any atom is 0.0406 e. The molecule has 5 rings (SSSR count). The predicted molar refractivity (Wildman–Crippen MR) is 79.3 cm³/mol. The van der Waals surface area contributed by atoms with Crippen LogP contribution in [0, 0.1) is 17.3 Å². The third-order valence-corrected chi connectivity index (χ3v) is 6.32. The zero-order valence-corrected chi connectivity index (χ0v) is 12.1. The minimum absolute atomic E-state index is 0.411.